The lowest BCUT2D eigenvalue weighted by atomic mass is 10.1. The number of halogens is 1. The van der Waals surface area contributed by atoms with Gasteiger partial charge in [0.15, 0.2) is 11.6 Å². The first-order chi connectivity index (χ1) is 18.9. The zero-order valence-corrected chi connectivity index (χ0v) is 20.8. The lowest BCUT2D eigenvalue weighted by Crippen LogP contribution is -2.51. The fourth-order valence-corrected chi connectivity index (χ4v) is 4.20. The number of nitrogens with zero attached hydrogens (tertiary/aromatic N) is 4. The van der Waals surface area contributed by atoms with Crippen molar-refractivity contribution in [2.45, 2.75) is 6.54 Å². The lowest BCUT2D eigenvalue weighted by Gasteiger charge is -2.36. The van der Waals surface area contributed by atoms with E-state index in [-0.39, 0.29) is 29.5 Å². The molecule has 2 aromatic carbocycles. The van der Waals surface area contributed by atoms with Crippen LogP contribution in [0.5, 0.6) is 5.75 Å². The van der Waals surface area contributed by atoms with Gasteiger partial charge in [0.2, 0.25) is 5.91 Å². The minimum absolute atomic E-state index is 0.0765. The van der Waals surface area contributed by atoms with Crippen molar-refractivity contribution in [2.75, 3.05) is 48.7 Å². The minimum atomic E-state index is -0.471. The van der Waals surface area contributed by atoms with E-state index in [2.05, 4.69) is 20.9 Å². The van der Waals surface area contributed by atoms with Gasteiger partial charge in [-0.15, -0.1) is 0 Å². The molecule has 2 amide bonds. The van der Waals surface area contributed by atoms with Crippen LogP contribution in [0.1, 0.15) is 16.1 Å². The number of amides is 2. The van der Waals surface area contributed by atoms with Crippen LogP contribution >= 0.6 is 0 Å². The number of nitrogens with one attached hydrogen (secondary N) is 2. The van der Waals surface area contributed by atoms with E-state index >= 15 is 4.39 Å². The molecule has 39 heavy (non-hydrogen) atoms. The molecule has 0 aliphatic carbocycles. The van der Waals surface area contributed by atoms with E-state index in [0.717, 1.165) is 0 Å². The highest BCUT2D eigenvalue weighted by atomic mass is 19.1. The quantitative estimate of drug-likeness (QED) is 0.195. The van der Waals surface area contributed by atoms with Gasteiger partial charge in [0, 0.05) is 49.4 Å². The Bertz CT molecular complexity index is 1470. The number of nitrogens with two attached hydrogens (primary N) is 1. The molecule has 0 saturated carbocycles. The third-order valence-corrected chi connectivity index (χ3v) is 6.35. The molecule has 0 radical (unpaired) electrons. The smallest absolute Gasteiger partial charge is 0.251 e. The molecule has 12 nitrogen and oxygen atoms in total. The molecule has 202 valence electrons. The van der Waals surface area contributed by atoms with E-state index in [0.29, 0.717) is 61.2 Å². The second-order valence-corrected chi connectivity index (χ2v) is 8.91. The first-order valence-electron chi connectivity index (χ1n) is 12.2. The van der Waals surface area contributed by atoms with Gasteiger partial charge in [-0.05, 0) is 30.3 Å². The number of phenols is 1. The molecule has 1 aliphatic rings. The first kappa shape index (κ1) is 25.6. The minimum Gasteiger partial charge on any atom is -0.506 e. The van der Waals surface area contributed by atoms with Crippen molar-refractivity contribution in [1.82, 2.24) is 20.5 Å². The Morgan fingerprint density at radius 1 is 1.05 bits per heavy atom. The Morgan fingerprint density at radius 2 is 1.87 bits per heavy atom. The van der Waals surface area contributed by atoms with Crippen molar-refractivity contribution in [2.24, 2.45) is 0 Å². The summed E-state index contributed by atoms with van der Waals surface area (Å²) in [5.41, 5.74) is 7.45. The number of benzene rings is 2. The maximum absolute atomic E-state index is 15.1. The maximum atomic E-state index is 15.1. The van der Waals surface area contributed by atoms with E-state index in [9.17, 15) is 14.7 Å². The Balaban J connectivity index is 1.12. The summed E-state index contributed by atoms with van der Waals surface area (Å²) in [6.45, 7) is 1.80. The third kappa shape index (κ3) is 5.92. The zero-order chi connectivity index (χ0) is 27.4. The van der Waals surface area contributed by atoms with Crippen molar-refractivity contribution in [3.05, 3.63) is 71.9 Å². The van der Waals surface area contributed by atoms with Gasteiger partial charge in [-0.3, -0.25) is 9.59 Å². The van der Waals surface area contributed by atoms with Crippen LogP contribution in [0.15, 0.2) is 63.8 Å². The van der Waals surface area contributed by atoms with Gasteiger partial charge < -0.3 is 40.3 Å². The van der Waals surface area contributed by atoms with Crippen LogP contribution in [0, 0.1) is 5.82 Å². The Morgan fingerprint density at radius 3 is 2.59 bits per heavy atom. The number of carbonyl (C=O) groups is 2. The average molecular weight is 536 g/mol. The Kier molecular flexibility index (Phi) is 7.30. The van der Waals surface area contributed by atoms with Crippen molar-refractivity contribution >= 4 is 29.0 Å². The van der Waals surface area contributed by atoms with E-state index in [1.807, 2.05) is 4.90 Å². The number of aromatic nitrogens is 2. The highest BCUT2D eigenvalue weighted by Crippen LogP contribution is 2.27. The summed E-state index contributed by atoms with van der Waals surface area (Å²) in [4.78, 5) is 28.4. The number of carbonyl (C=O) groups excluding carboxylic acids is 2. The summed E-state index contributed by atoms with van der Waals surface area (Å²) in [6.07, 6.45) is 1.45. The SMILES string of the molecule is Nc1cc(C(=O)NCC(=O)N2CCN(c3ccc(-c4cc(CNc5ccon5)on4)cc3F)CC2)ccc1O. The molecule has 3 heterocycles. The molecule has 0 spiro atoms. The second kappa shape index (κ2) is 11.1. The largest absolute Gasteiger partial charge is 0.506 e. The van der Waals surface area contributed by atoms with Crippen LogP contribution in [0.3, 0.4) is 0 Å². The number of rotatable bonds is 8. The fraction of sp³-hybridized carbons (Fsp3) is 0.231. The van der Waals surface area contributed by atoms with Crippen molar-refractivity contribution in [3.8, 4) is 17.0 Å². The van der Waals surface area contributed by atoms with E-state index in [1.165, 1.54) is 30.5 Å². The zero-order valence-electron chi connectivity index (χ0n) is 20.8. The number of phenolic OH excluding ortho intramolecular Hbond substituents is 1. The van der Waals surface area contributed by atoms with E-state index in [1.54, 1.807) is 29.2 Å². The Labute approximate surface area is 222 Å². The monoisotopic (exact) mass is 535 g/mol. The van der Waals surface area contributed by atoms with Gasteiger partial charge in [-0.1, -0.05) is 16.4 Å². The van der Waals surface area contributed by atoms with Gasteiger partial charge in [0.25, 0.3) is 5.91 Å². The fourth-order valence-electron chi connectivity index (χ4n) is 4.20. The van der Waals surface area contributed by atoms with Crippen LogP contribution in [-0.4, -0.2) is 64.9 Å². The highest BCUT2D eigenvalue weighted by molar-refractivity contribution is 5.97. The van der Waals surface area contributed by atoms with Gasteiger partial charge in [-0.25, -0.2) is 4.39 Å². The number of aromatic hydroxyl groups is 1. The lowest BCUT2D eigenvalue weighted by molar-refractivity contribution is -0.130. The molecule has 1 fully saturated rings. The number of hydrogen-bond acceptors (Lipinski definition) is 10. The van der Waals surface area contributed by atoms with E-state index < -0.39 is 11.7 Å². The number of nitrogen functional groups attached to an aromatic ring is 1. The normalized spacial score (nSPS) is 13.4. The van der Waals surface area contributed by atoms with Crippen LogP contribution in [0.25, 0.3) is 11.3 Å². The summed E-state index contributed by atoms with van der Waals surface area (Å²) >= 11 is 0. The van der Waals surface area contributed by atoms with Gasteiger partial charge in [-0.2, -0.15) is 0 Å². The van der Waals surface area contributed by atoms with Crippen LogP contribution in [-0.2, 0) is 11.3 Å². The standard InChI is InChI=1S/C26H26FN7O5/c27-19-11-16(21-13-18(39-31-21)14-29-24-5-10-38-32-24)1-3-22(19)33-6-8-34(9-7-33)25(36)15-30-26(37)17-2-4-23(35)20(28)12-17/h1-5,10-13,35H,6-9,14-15,28H2,(H,29,32)(H,30,37). The molecule has 0 unspecified atom stereocenters. The van der Waals surface area contributed by atoms with Crippen LogP contribution in [0.4, 0.5) is 21.6 Å². The molecular formula is C26H26FN7O5. The van der Waals surface area contributed by atoms with Gasteiger partial charge >= 0.3 is 0 Å². The highest BCUT2D eigenvalue weighted by Gasteiger charge is 2.24. The summed E-state index contributed by atoms with van der Waals surface area (Å²) in [5.74, 6) is -0.118. The van der Waals surface area contributed by atoms with Crippen molar-refractivity contribution in [3.63, 3.8) is 0 Å². The molecule has 13 heteroatoms. The predicted molar refractivity (Wildman–Crippen MR) is 139 cm³/mol. The van der Waals surface area contributed by atoms with Crippen molar-refractivity contribution in [1.29, 1.82) is 0 Å². The van der Waals surface area contributed by atoms with E-state index in [4.69, 9.17) is 14.8 Å². The summed E-state index contributed by atoms with van der Waals surface area (Å²) in [5, 5.41) is 22.9. The number of anilines is 3. The second-order valence-electron chi connectivity index (χ2n) is 8.91. The predicted octanol–water partition coefficient (Wildman–Crippen LogP) is 2.45. The van der Waals surface area contributed by atoms with Crippen molar-refractivity contribution < 1.29 is 28.1 Å². The maximum Gasteiger partial charge on any atom is 0.251 e. The number of hydrogen-bond donors (Lipinski definition) is 4. The number of piperazine rings is 1. The molecular weight excluding hydrogens is 509 g/mol. The first-order valence-corrected chi connectivity index (χ1v) is 12.2. The third-order valence-electron chi connectivity index (χ3n) is 6.35. The summed E-state index contributed by atoms with van der Waals surface area (Å²) in [6, 6.07) is 12.3. The Hall–Kier alpha value is -5.07. The molecule has 5 N–H and O–H groups in total. The molecule has 4 aromatic rings. The van der Waals surface area contributed by atoms with Gasteiger partial charge in [0.1, 0.15) is 23.5 Å². The molecule has 0 atom stereocenters. The average Bonchev–Trinajstić information content (AvgIpc) is 3.64. The van der Waals surface area contributed by atoms with Gasteiger partial charge in [0.05, 0.1) is 24.5 Å². The summed E-state index contributed by atoms with van der Waals surface area (Å²) < 4.78 is 25.1. The summed E-state index contributed by atoms with van der Waals surface area (Å²) in [7, 11) is 0. The topological polar surface area (TPSA) is 163 Å². The van der Waals surface area contributed by atoms with Crippen LogP contribution in [0.2, 0.25) is 0 Å². The molecule has 1 saturated heterocycles. The molecule has 1 aliphatic heterocycles. The van der Waals surface area contributed by atoms with Crippen LogP contribution < -0.4 is 21.3 Å². The molecule has 5 rings (SSSR count). The molecule has 2 aromatic heterocycles. The molecule has 0 bridgehead atoms.